The van der Waals surface area contributed by atoms with Crippen molar-refractivity contribution in [3.05, 3.63) is 221 Å². The number of rotatable bonds is 4. The molecule has 0 amide bonds. The van der Waals surface area contributed by atoms with Gasteiger partial charge in [-0.25, -0.2) is 4.85 Å². The third kappa shape index (κ3) is 5.87. The molecule has 0 fully saturated rings. The molecule has 0 aliphatic carbocycles. The van der Waals surface area contributed by atoms with Gasteiger partial charge in [-0.3, -0.25) is 0 Å². The summed E-state index contributed by atoms with van der Waals surface area (Å²) in [6, 6.07) is 68.7. The van der Waals surface area contributed by atoms with Crippen molar-refractivity contribution in [2.45, 2.75) is 27.7 Å². The summed E-state index contributed by atoms with van der Waals surface area (Å²) in [4.78, 5) is 4.74. The van der Waals surface area contributed by atoms with Crippen molar-refractivity contribution >= 4 is 134 Å². The number of aryl methyl sites for hydroxylation is 4. The fourth-order valence-electron chi connectivity index (χ4n) is 12.2. The van der Waals surface area contributed by atoms with E-state index in [2.05, 4.69) is 225 Å². The maximum absolute atomic E-state index is 12.4. The fraction of sp³-hybridized carbons (Fsp3) is 0.0588. The molecule has 4 aromatic heterocycles. The van der Waals surface area contributed by atoms with Gasteiger partial charge in [0.25, 0.3) is 0 Å². The van der Waals surface area contributed by atoms with Crippen molar-refractivity contribution in [2.75, 3.05) is 0 Å². The van der Waals surface area contributed by atoms with Gasteiger partial charge in [0.1, 0.15) is 6.07 Å². The Morgan fingerprint density at radius 2 is 0.851 bits per heavy atom. The van der Waals surface area contributed by atoms with E-state index in [9.17, 15) is 11.8 Å². The van der Waals surface area contributed by atoms with Crippen LogP contribution in [0.3, 0.4) is 0 Å². The molecule has 0 saturated heterocycles. The standard InChI is InChI=1S/C68H42N4S2/c1-37-30-53-49-26-28-51-47-18-10-12-20-58(47)73-67(51)64(49)71(56(53)32-39(37)3)63-55(36-69)60(45-24-22-41-14-6-8-16-43(41)34-45)62(70-5)66(61(63)46-25-23-42-15-7-9-17-44(42)35-46)72-57-33-40(4)38(2)31-54(57)50-27-29-52-48-19-11-13-21-59(48)74-68(52)65(50)72/h6-35H,1-4H3. The first-order valence-corrected chi connectivity index (χ1v) is 26.6. The number of nitrogens with zero attached hydrogens (tertiary/aromatic N) is 4. The molecular formula is C68H42N4S2. The number of fused-ring (bicyclic) bond motifs is 16. The number of hydrogen-bond acceptors (Lipinski definition) is 3. The Hall–Kier alpha value is -9.04. The molecule has 0 atom stereocenters. The molecule has 15 aromatic rings. The van der Waals surface area contributed by atoms with Gasteiger partial charge < -0.3 is 9.13 Å². The summed E-state index contributed by atoms with van der Waals surface area (Å²) in [6.07, 6.45) is 0. The van der Waals surface area contributed by atoms with Crippen molar-refractivity contribution in [1.82, 2.24) is 9.13 Å². The molecule has 0 unspecified atom stereocenters. The summed E-state index contributed by atoms with van der Waals surface area (Å²) >= 11 is 3.61. The average Bonchev–Trinajstić information content (AvgIpc) is 4.19. The molecule has 0 bridgehead atoms. The predicted molar refractivity (Wildman–Crippen MR) is 317 cm³/mol. The van der Waals surface area contributed by atoms with Crippen LogP contribution in [0.5, 0.6) is 0 Å². The lowest BCUT2D eigenvalue weighted by molar-refractivity contribution is 1.14. The molecule has 15 rings (SSSR count). The van der Waals surface area contributed by atoms with E-state index in [0.717, 1.165) is 114 Å². The Labute approximate surface area is 434 Å². The smallest absolute Gasteiger partial charge is 0.220 e. The minimum Gasteiger partial charge on any atom is -0.317 e. The van der Waals surface area contributed by atoms with E-state index < -0.39 is 0 Å². The Balaban J connectivity index is 1.27. The highest BCUT2D eigenvalue weighted by Gasteiger charge is 2.33. The summed E-state index contributed by atoms with van der Waals surface area (Å²) in [5.74, 6) is 0. The Morgan fingerprint density at radius 1 is 0.419 bits per heavy atom. The number of thiophene rings is 2. The summed E-state index contributed by atoms with van der Waals surface area (Å²) in [6.45, 7) is 18.4. The van der Waals surface area contributed by atoms with E-state index in [1.807, 2.05) is 11.3 Å². The normalized spacial score (nSPS) is 12.0. The summed E-state index contributed by atoms with van der Waals surface area (Å²) in [5, 5.41) is 26.0. The zero-order valence-corrected chi connectivity index (χ0v) is 42.6. The summed E-state index contributed by atoms with van der Waals surface area (Å²) in [5.41, 5.74) is 14.4. The van der Waals surface area contributed by atoms with Crippen molar-refractivity contribution in [1.29, 1.82) is 5.26 Å². The minimum atomic E-state index is 0.429. The van der Waals surface area contributed by atoms with Gasteiger partial charge in [-0.15, -0.1) is 22.7 Å². The molecule has 0 saturated carbocycles. The maximum atomic E-state index is 12.4. The molecule has 0 N–H and O–H groups in total. The Morgan fingerprint density at radius 3 is 1.35 bits per heavy atom. The maximum Gasteiger partial charge on any atom is 0.220 e. The molecule has 0 spiro atoms. The van der Waals surface area contributed by atoms with E-state index >= 15 is 0 Å². The average molecular weight is 979 g/mol. The molecule has 6 heteroatoms. The van der Waals surface area contributed by atoms with Crippen LogP contribution >= 0.6 is 22.7 Å². The lowest BCUT2D eigenvalue weighted by Crippen LogP contribution is -2.09. The topological polar surface area (TPSA) is 38.0 Å². The van der Waals surface area contributed by atoms with E-state index in [1.165, 1.54) is 42.1 Å². The van der Waals surface area contributed by atoms with Gasteiger partial charge in [-0.2, -0.15) is 5.26 Å². The van der Waals surface area contributed by atoms with Gasteiger partial charge in [0.15, 0.2) is 0 Å². The van der Waals surface area contributed by atoms with Crippen LogP contribution in [0.1, 0.15) is 27.8 Å². The predicted octanol–water partition coefficient (Wildman–Crippen LogP) is 19.9. The zero-order valence-electron chi connectivity index (χ0n) is 40.9. The molecule has 0 aliphatic rings. The van der Waals surface area contributed by atoms with Crippen LogP contribution in [-0.2, 0) is 0 Å². The van der Waals surface area contributed by atoms with E-state index in [-0.39, 0.29) is 0 Å². The molecule has 74 heavy (non-hydrogen) atoms. The van der Waals surface area contributed by atoms with Crippen molar-refractivity contribution in [3.8, 4) is 39.7 Å². The second kappa shape index (κ2) is 15.7. The van der Waals surface area contributed by atoms with Gasteiger partial charge >= 0.3 is 0 Å². The molecule has 11 aromatic carbocycles. The first kappa shape index (κ1) is 42.6. The minimum absolute atomic E-state index is 0.429. The highest BCUT2D eigenvalue weighted by atomic mass is 32.1. The summed E-state index contributed by atoms with van der Waals surface area (Å²) in [7, 11) is 0. The quantitative estimate of drug-likeness (QED) is 0.162. The van der Waals surface area contributed by atoms with Crippen LogP contribution in [0.4, 0.5) is 5.69 Å². The van der Waals surface area contributed by atoms with Crippen LogP contribution < -0.4 is 0 Å². The van der Waals surface area contributed by atoms with E-state index in [4.69, 9.17) is 4.85 Å². The number of hydrogen-bond donors (Lipinski definition) is 0. The van der Waals surface area contributed by atoms with Gasteiger partial charge in [0.2, 0.25) is 5.69 Å². The lowest BCUT2D eigenvalue weighted by Gasteiger charge is -2.26. The molecule has 4 heterocycles. The van der Waals surface area contributed by atoms with Gasteiger partial charge in [0.05, 0.1) is 55.0 Å². The molecular weight excluding hydrogens is 937 g/mol. The lowest BCUT2D eigenvalue weighted by atomic mass is 9.87. The number of benzene rings is 11. The highest BCUT2D eigenvalue weighted by Crippen LogP contribution is 2.55. The molecule has 0 aliphatic heterocycles. The van der Waals surface area contributed by atoms with Crippen LogP contribution in [0.15, 0.2) is 182 Å². The number of aromatic nitrogens is 2. The SMILES string of the molecule is [C-]#[N+]c1c(-c2ccc3ccccc3c2)c(C#N)c(-n2c3cc(C)c(C)cc3c3ccc4c5ccccc5sc4c32)c(-c2ccc3ccccc3c2)c1-n1c2cc(C)c(C)cc2c2ccc3c4ccccc4sc3c21. The second-order valence-electron chi connectivity index (χ2n) is 20.0. The largest absolute Gasteiger partial charge is 0.317 e. The first-order chi connectivity index (χ1) is 36.3. The third-order valence-corrected chi connectivity index (χ3v) is 18.3. The Kier molecular flexibility index (Phi) is 9.06. The second-order valence-corrected chi connectivity index (χ2v) is 22.1. The summed E-state index contributed by atoms with van der Waals surface area (Å²) < 4.78 is 9.59. The van der Waals surface area contributed by atoms with Crippen LogP contribution in [0, 0.1) is 45.6 Å². The van der Waals surface area contributed by atoms with E-state index in [1.54, 1.807) is 11.3 Å². The zero-order chi connectivity index (χ0) is 49.7. The van der Waals surface area contributed by atoms with Crippen LogP contribution in [0.25, 0.3) is 144 Å². The molecule has 4 nitrogen and oxygen atoms in total. The monoisotopic (exact) mass is 978 g/mol. The van der Waals surface area contributed by atoms with Gasteiger partial charge in [-0.1, -0.05) is 133 Å². The van der Waals surface area contributed by atoms with Crippen molar-refractivity contribution < 1.29 is 0 Å². The fourth-order valence-corrected chi connectivity index (χ4v) is 14.6. The van der Waals surface area contributed by atoms with Crippen molar-refractivity contribution in [2.24, 2.45) is 0 Å². The Bertz CT molecular complexity index is 4860. The molecule has 346 valence electrons. The van der Waals surface area contributed by atoms with Crippen LogP contribution in [-0.4, -0.2) is 9.13 Å². The first-order valence-electron chi connectivity index (χ1n) is 25.0. The third-order valence-electron chi connectivity index (χ3n) is 15.9. The number of nitriles is 1. The van der Waals surface area contributed by atoms with Gasteiger partial charge in [-0.05, 0) is 131 Å². The van der Waals surface area contributed by atoms with Gasteiger partial charge in [0, 0.05) is 63.6 Å². The van der Waals surface area contributed by atoms with Crippen LogP contribution in [0.2, 0.25) is 0 Å². The molecule has 0 radical (unpaired) electrons. The van der Waals surface area contributed by atoms with E-state index in [0.29, 0.717) is 16.8 Å². The highest BCUT2D eigenvalue weighted by molar-refractivity contribution is 7.27. The van der Waals surface area contributed by atoms with Crippen molar-refractivity contribution in [3.63, 3.8) is 0 Å².